The number of halogens is 1. The fourth-order valence-corrected chi connectivity index (χ4v) is 1.40. The first-order valence-corrected chi connectivity index (χ1v) is 6.32. The Morgan fingerprint density at radius 2 is 2.12 bits per heavy atom. The van der Waals surface area contributed by atoms with Gasteiger partial charge in [-0.2, -0.15) is 0 Å². The van der Waals surface area contributed by atoms with E-state index >= 15 is 0 Å². The van der Waals surface area contributed by atoms with Gasteiger partial charge in [0, 0.05) is 23.2 Å². The molecule has 0 spiro atoms. The Morgan fingerprint density at radius 3 is 2.82 bits per heavy atom. The van der Waals surface area contributed by atoms with E-state index in [1.54, 1.807) is 6.21 Å². The van der Waals surface area contributed by atoms with E-state index in [0.29, 0.717) is 12.5 Å². The van der Waals surface area contributed by atoms with Crippen LogP contribution in [-0.2, 0) is 0 Å². The van der Waals surface area contributed by atoms with Crippen LogP contribution in [0.3, 0.4) is 0 Å². The van der Waals surface area contributed by atoms with Gasteiger partial charge >= 0.3 is 0 Å². The van der Waals surface area contributed by atoms with Crippen LogP contribution >= 0.6 is 11.6 Å². The Bertz CT molecular complexity index is 426. The van der Waals surface area contributed by atoms with E-state index in [0.717, 1.165) is 17.0 Å². The summed E-state index contributed by atoms with van der Waals surface area (Å²) in [6.45, 7) is 4.94. The molecule has 0 saturated carbocycles. The third-order valence-corrected chi connectivity index (χ3v) is 2.92. The van der Waals surface area contributed by atoms with Gasteiger partial charge in [0.15, 0.2) is 0 Å². The van der Waals surface area contributed by atoms with Crippen LogP contribution in [0.1, 0.15) is 32.3 Å². The molecule has 2 heteroatoms. The highest BCUT2D eigenvalue weighted by molar-refractivity contribution is 6.33. The molecule has 1 aromatic rings. The summed E-state index contributed by atoms with van der Waals surface area (Å²) in [6, 6.07) is 7.66. The SMILES string of the molecule is CCC(C)CC#CCN=Cc1ccccc1Cl. The van der Waals surface area contributed by atoms with Crippen LogP contribution in [0.25, 0.3) is 0 Å². The summed E-state index contributed by atoms with van der Waals surface area (Å²) in [7, 11) is 0. The monoisotopic (exact) mass is 247 g/mol. The minimum atomic E-state index is 0.543. The van der Waals surface area contributed by atoms with Crippen molar-refractivity contribution in [3.8, 4) is 11.8 Å². The first kappa shape index (κ1) is 13.8. The van der Waals surface area contributed by atoms with Crippen LogP contribution in [0.5, 0.6) is 0 Å². The van der Waals surface area contributed by atoms with Gasteiger partial charge in [0.1, 0.15) is 0 Å². The van der Waals surface area contributed by atoms with Crippen LogP contribution in [-0.4, -0.2) is 12.8 Å². The highest BCUT2D eigenvalue weighted by Crippen LogP contribution is 2.12. The lowest BCUT2D eigenvalue weighted by Gasteiger charge is -1.99. The van der Waals surface area contributed by atoms with Gasteiger partial charge in [0.25, 0.3) is 0 Å². The molecule has 0 aliphatic carbocycles. The second-order valence-electron chi connectivity index (χ2n) is 4.06. The molecule has 1 unspecified atom stereocenters. The Hall–Kier alpha value is -1.26. The molecule has 1 atom stereocenters. The van der Waals surface area contributed by atoms with Gasteiger partial charge in [-0.25, -0.2) is 0 Å². The fourth-order valence-electron chi connectivity index (χ4n) is 1.22. The predicted octanol–water partition coefficient (Wildman–Crippen LogP) is 4.20. The number of aliphatic imine (C=N–C) groups is 1. The third-order valence-electron chi connectivity index (χ3n) is 2.58. The van der Waals surface area contributed by atoms with Crippen molar-refractivity contribution in [1.82, 2.24) is 0 Å². The largest absolute Gasteiger partial charge is 0.280 e. The summed E-state index contributed by atoms with van der Waals surface area (Å²) in [5, 5.41) is 0.726. The quantitative estimate of drug-likeness (QED) is 0.559. The van der Waals surface area contributed by atoms with Gasteiger partial charge in [-0.05, 0) is 12.0 Å². The third kappa shape index (κ3) is 5.56. The van der Waals surface area contributed by atoms with Crippen molar-refractivity contribution in [3.63, 3.8) is 0 Å². The topological polar surface area (TPSA) is 12.4 Å². The van der Waals surface area contributed by atoms with Crippen LogP contribution in [0.4, 0.5) is 0 Å². The molecule has 0 fully saturated rings. The van der Waals surface area contributed by atoms with E-state index in [2.05, 4.69) is 30.7 Å². The van der Waals surface area contributed by atoms with E-state index in [1.807, 2.05) is 24.3 Å². The van der Waals surface area contributed by atoms with Crippen molar-refractivity contribution in [2.75, 3.05) is 6.54 Å². The maximum absolute atomic E-state index is 6.00. The van der Waals surface area contributed by atoms with Crippen molar-refractivity contribution < 1.29 is 0 Å². The Balaban J connectivity index is 2.39. The zero-order chi connectivity index (χ0) is 12.5. The lowest BCUT2D eigenvalue weighted by Crippen LogP contribution is -1.88. The highest BCUT2D eigenvalue weighted by Gasteiger charge is 1.93. The molecule has 0 amide bonds. The molecule has 0 aromatic heterocycles. The van der Waals surface area contributed by atoms with Crippen LogP contribution in [0.15, 0.2) is 29.3 Å². The molecule has 0 heterocycles. The number of hydrogen-bond acceptors (Lipinski definition) is 1. The summed E-state index contributed by atoms with van der Waals surface area (Å²) in [6.07, 6.45) is 3.91. The molecule has 0 bridgehead atoms. The summed E-state index contributed by atoms with van der Waals surface area (Å²) in [5.74, 6) is 6.87. The van der Waals surface area contributed by atoms with E-state index in [-0.39, 0.29) is 0 Å². The standard InChI is InChI=1S/C15H18ClN/c1-3-13(2)8-6-7-11-17-12-14-9-4-5-10-15(14)16/h4-5,9-10,12-13H,3,8,11H2,1-2H3. The Labute approximate surface area is 109 Å². The van der Waals surface area contributed by atoms with Gasteiger partial charge in [0.05, 0.1) is 6.54 Å². The molecule has 1 rings (SSSR count). The Kier molecular flexibility index (Phi) is 6.43. The summed E-state index contributed by atoms with van der Waals surface area (Å²) >= 11 is 6.00. The minimum absolute atomic E-state index is 0.543. The first-order chi connectivity index (χ1) is 8.24. The highest BCUT2D eigenvalue weighted by atomic mass is 35.5. The van der Waals surface area contributed by atoms with Gasteiger partial charge in [-0.15, -0.1) is 5.92 Å². The number of nitrogens with zero attached hydrogens (tertiary/aromatic N) is 1. The zero-order valence-electron chi connectivity index (χ0n) is 10.4. The molecular formula is C15H18ClN. The molecule has 0 radical (unpaired) electrons. The van der Waals surface area contributed by atoms with Crippen molar-refractivity contribution in [2.45, 2.75) is 26.7 Å². The molecule has 0 N–H and O–H groups in total. The minimum Gasteiger partial charge on any atom is -0.280 e. The molecule has 1 nitrogen and oxygen atoms in total. The number of hydrogen-bond donors (Lipinski definition) is 0. The molecule has 17 heavy (non-hydrogen) atoms. The summed E-state index contributed by atoms with van der Waals surface area (Å²) in [4.78, 5) is 4.24. The van der Waals surface area contributed by atoms with Crippen LogP contribution < -0.4 is 0 Å². The van der Waals surface area contributed by atoms with Crippen molar-refractivity contribution in [1.29, 1.82) is 0 Å². The van der Waals surface area contributed by atoms with Gasteiger partial charge in [-0.1, -0.05) is 56.0 Å². The lowest BCUT2D eigenvalue weighted by molar-refractivity contribution is 0.580. The van der Waals surface area contributed by atoms with Gasteiger partial charge in [-0.3, -0.25) is 4.99 Å². The molecular weight excluding hydrogens is 230 g/mol. The molecule has 90 valence electrons. The van der Waals surface area contributed by atoms with E-state index < -0.39 is 0 Å². The van der Waals surface area contributed by atoms with E-state index in [9.17, 15) is 0 Å². The molecule has 1 aromatic carbocycles. The summed E-state index contributed by atoms with van der Waals surface area (Å²) < 4.78 is 0. The average Bonchev–Trinajstić information content (AvgIpc) is 2.35. The van der Waals surface area contributed by atoms with E-state index in [4.69, 9.17) is 11.6 Å². The van der Waals surface area contributed by atoms with Crippen molar-refractivity contribution in [3.05, 3.63) is 34.9 Å². The molecule has 0 saturated heterocycles. The van der Waals surface area contributed by atoms with Gasteiger partial charge < -0.3 is 0 Å². The van der Waals surface area contributed by atoms with Crippen molar-refractivity contribution in [2.24, 2.45) is 10.9 Å². The fraction of sp³-hybridized carbons (Fsp3) is 0.400. The second-order valence-corrected chi connectivity index (χ2v) is 4.47. The zero-order valence-corrected chi connectivity index (χ0v) is 11.2. The van der Waals surface area contributed by atoms with Crippen LogP contribution in [0.2, 0.25) is 5.02 Å². The maximum atomic E-state index is 6.00. The first-order valence-electron chi connectivity index (χ1n) is 5.94. The summed E-state index contributed by atoms with van der Waals surface area (Å²) in [5.41, 5.74) is 0.942. The predicted molar refractivity (Wildman–Crippen MR) is 75.8 cm³/mol. The maximum Gasteiger partial charge on any atom is 0.0997 e. The van der Waals surface area contributed by atoms with Gasteiger partial charge in [0.2, 0.25) is 0 Å². The lowest BCUT2D eigenvalue weighted by atomic mass is 10.1. The number of rotatable bonds is 4. The average molecular weight is 248 g/mol. The normalized spacial score (nSPS) is 12.2. The molecule has 0 aliphatic heterocycles. The number of benzene rings is 1. The smallest absolute Gasteiger partial charge is 0.0997 e. The van der Waals surface area contributed by atoms with Crippen molar-refractivity contribution >= 4 is 17.8 Å². The second kappa shape index (κ2) is 7.92. The van der Waals surface area contributed by atoms with Crippen LogP contribution in [0, 0.1) is 17.8 Å². The molecule has 0 aliphatic rings. The van der Waals surface area contributed by atoms with E-state index in [1.165, 1.54) is 6.42 Å². The Morgan fingerprint density at radius 1 is 1.35 bits per heavy atom.